The van der Waals surface area contributed by atoms with Crippen LogP contribution < -0.4 is 5.73 Å². The monoisotopic (exact) mass is 1150 g/mol. The summed E-state index contributed by atoms with van der Waals surface area (Å²) in [7, 11) is -4.40. The Morgan fingerprint density at radius 1 is 0.383 bits per heavy atom. The molecule has 0 rings (SSSR count). The van der Waals surface area contributed by atoms with E-state index in [2.05, 4.69) is 111 Å². The molecule has 0 amide bonds. The van der Waals surface area contributed by atoms with Crippen LogP contribution in [0.15, 0.2) is 97.2 Å². The molecule has 0 saturated heterocycles. The summed E-state index contributed by atoms with van der Waals surface area (Å²) in [5.41, 5.74) is 5.40. The van der Waals surface area contributed by atoms with Crippen molar-refractivity contribution < 1.29 is 37.6 Å². The lowest BCUT2D eigenvalue weighted by Gasteiger charge is -2.19. The zero-order valence-electron chi connectivity index (χ0n) is 52.5. The summed E-state index contributed by atoms with van der Waals surface area (Å²) in [4.78, 5) is 35.3. The first-order valence-electron chi connectivity index (χ1n) is 33.7. The van der Waals surface area contributed by atoms with Crippen LogP contribution in [0.25, 0.3) is 0 Å². The fourth-order valence-corrected chi connectivity index (χ4v) is 10.3. The molecule has 0 bridgehead atoms. The predicted molar refractivity (Wildman–Crippen MR) is 348 cm³/mol. The smallest absolute Gasteiger partial charge is 0.462 e. The molecule has 0 aliphatic carbocycles. The molecule has 10 heteroatoms. The van der Waals surface area contributed by atoms with Crippen LogP contribution in [0.1, 0.15) is 309 Å². The van der Waals surface area contributed by atoms with Gasteiger partial charge in [-0.1, -0.05) is 297 Å². The third-order valence-corrected chi connectivity index (χ3v) is 15.4. The predicted octanol–water partition coefficient (Wildman–Crippen LogP) is 22.0. The van der Waals surface area contributed by atoms with Gasteiger partial charge >= 0.3 is 19.8 Å². The van der Waals surface area contributed by atoms with Crippen LogP contribution in [0.2, 0.25) is 0 Å². The Morgan fingerprint density at radius 3 is 1.01 bits per heavy atom. The first kappa shape index (κ1) is 77.9. The third-order valence-electron chi connectivity index (χ3n) is 14.5. The molecule has 81 heavy (non-hydrogen) atoms. The molecule has 2 atom stereocenters. The van der Waals surface area contributed by atoms with Gasteiger partial charge in [-0.2, -0.15) is 0 Å². The molecule has 0 fully saturated rings. The van der Waals surface area contributed by atoms with E-state index in [1.165, 1.54) is 180 Å². The largest absolute Gasteiger partial charge is 0.472 e. The zero-order chi connectivity index (χ0) is 58.7. The lowest BCUT2D eigenvalue weighted by atomic mass is 10.0. The van der Waals surface area contributed by atoms with Gasteiger partial charge in [-0.15, -0.1) is 0 Å². The number of carbonyl (C=O) groups excluding carboxylic acids is 2. The molecular formula is C71H126NO8P. The molecule has 468 valence electrons. The van der Waals surface area contributed by atoms with Crippen molar-refractivity contribution in [3.63, 3.8) is 0 Å². The summed E-state index contributed by atoms with van der Waals surface area (Å²) < 4.78 is 33.1. The molecule has 0 heterocycles. The Bertz CT molecular complexity index is 1650. The number of phosphoric ester groups is 1. The maximum Gasteiger partial charge on any atom is 0.472 e. The Morgan fingerprint density at radius 2 is 0.679 bits per heavy atom. The van der Waals surface area contributed by atoms with Gasteiger partial charge in [0.2, 0.25) is 0 Å². The number of hydrogen-bond donors (Lipinski definition) is 2. The Labute approximate surface area is 499 Å². The number of esters is 2. The molecule has 3 N–H and O–H groups in total. The minimum absolute atomic E-state index is 0.0504. The van der Waals surface area contributed by atoms with E-state index in [-0.39, 0.29) is 38.6 Å². The van der Waals surface area contributed by atoms with Crippen LogP contribution in [0.3, 0.4) is 0 Å². The molecule has 0 spiro atoms. The van der Waals surface area contributed by atoms with Gasteiger partial charge in [0.1, 0.15) is 6.61 Å². The van der Waals surface area contributed by atoms with Gasteiger partial charge in [0, 0.05) is 19.4 Å². The van der Waals surface area contributed by atoms with Gasteiger partial charge < -0.3 is 20.1 Å². The maximum atomic E-state index is 12.8. The van der Waals surface area contributed by atoms with E-state index in [1.807, 2.05) is 0 Å². The van der Waals surface area contributed by atoms with Gasteiger partial charge in [-0.25, -0.2) is 4.57 Å². The Hall–Kier alpha value is -3.07. The van der Waals surface area contributed by atoms with Gasteiger partial charge in [-0.3, -0.25) is 18.6 Å². The number of allylic oxidation sites excluding steroid dienone is 16. The van der Waals surface area contributed by atoms with Gasteiger partial charge in [0.05, 0.1) is 13.2 Å². The number of hydrogen-bond acceptors (Lipinski definition) is 8. The topological polar surface area (TPSA) is 134 Å². The standard InChI is InChI=1S/C71H126NO8P/c1-3-5-7-9-11-13-15-17-19-21-23-25-27-28-29-30-31-32-33-34-35-36-37-38-39-40-42-44-46-48-50-52-54-56-58-60-62-64-71(74)80-69(68-79-81(75,76)78-66-65-72)67-77-70(73)63-61-59-57-55-53-51-49-47-45-43-41-26-24-22-20-18-16-14-12-10-8-6-4-2/h5,7,11,13,16-19,22-25,28-29,41,43,69H,3-4,6,8-10,12,14-15,20-21,26-27,30-40,42,44-68,72H2,1-2H3,(H,75,76)/b7-5-,13-11-,18-16-,19-17-,24-22-,25-23-,29-28-,43-41-. The van der Waals surface area contributed by atoms with Gasteiger partial charge in [-0.05, 0) is 96.3 Å². The molecule has 0 radical (unpaired) electrons. The second-order valence-electron chi connectivity index (χ2n) is 22.3. The molecule has 0 aromatic heterocycles. The number of unbranched alkanes of at least 4 members (excludes halogenated alkanes) is 34. The van der Waals surface area contributed by atoms with Crippen LogP contribution in [-0.2, 0) is 32.7 Å². The fourth-order valence-electron chi connectivity index (χ4n) is 9.50. The number of ether oxygens (including phenoxy) is 2. The quantitative estimate of drug-likeness (QED) is 0.0264. The van der Waals surface area contributed by atoms with E-state index in [1.54, 1.807) is 0 Å². The van der Waals surface area contributed by atoms with Crippen LogP contribution in [0.5, 0.6) is 0 Å². The number of phosphoric acid groups is 1. The van der Waals surface area contributed by atoms with Gasteiger partial charge in [0.15, 0.2) is 6.10 Å². The van der Waals surface area contributed by atoms with E-state index in [4.69, 9.17) is 24.3 Å². The average molecular weight is 1150 g/mol. The third kappa shape index (κ3) is 65.9. The highest BCUT2D eigenvalue weighted by Crippen LogP contribution is 2.43. The van der Waals surface area contributed by atoms with Crippen LogP contribution in [0, 0.1) is 0 Å². The number of carbonyl (C=O) groups is 2. The Balaban J connectivity index is 3.86. The SMILES string of the molecule is CC/C=C\C/C=C\C/C=C\C/C=C\C/C=C\CCCCCCCCCCCCCCCCCCCCCCCC(=O)OC(COC(=O)CCCCCCCCCC/C=C\C/C=C\C/C=C\CCCCCCC)COP(=O)(O)OCCN. The lowest BCUT2D eigenvalue weighted by molar-refractivity contribution is -0.161. The summed E-state index contributed by atoms with van der Waals surface area (Å²) in [6.45, 7) is 3.64. The minimum Gasteiger partial charge on any atom is -0.462 e. The van der Waals surface area contributed by atoms with E-state index >= 15 is 0 Å². The second-order valence-corrected chi connectivity index (χ2v) is 23.8. The zero-order valence-corrected chi connectivity index (χ0v) is 53.4. The molecular weight excluding hydrogens is 1030 g/mol. The average Bonchev–Trinajstić information content (AvgIpc) is 3.46. The molecule has 0 aromatic carbocycles. The molecule has 0 aliphatic rings. The van der Waals surface area contributed by atoms with Crippen molar-refractivity contribution >= 4 is 19.8 Å². The van der Waals surface area contributed by atoms with E-state index in [0.717, 1.165) is 96.3 Å². The van der Waals surface area contributed by atoms with Crippen molar-refractivity contribution in [3.8, 4) is 0 Å². The number of nitrogens with two attached hydrogens (primary N) is 1. The normalized spacial score (nSPS) is 13.6. The minimum atomic E-state index is -4.40. The van der Waals surface area contributed by atoms with E-state index in [0.29, 0.717) is 6.42 Å². The van der Waals surface area contributed by atoms with Crippen molar-refractivity contribution in [2.75, 3.05) is 26.4 Å². The Kier molecular flexibility index (Phi) is 63.6. The molecule has 9 nitrogen and oxygen atoms in total. The molecule has 0 aromatic rings. The molecule has 0 saturated carbocycles. The summed E-state index contributed by atoms with van der Waals surface area (Å²) in [6, 6.07) is 0. The summed E-state index contributed by atoms with van der Waals surface area (Å²) >= 11 is 0. The van der Waals surface area contributed by atoms with Crippen LogP contribution >= 0.6 is 7.82 Å². The second kappa shape index (κ2) is 66.1. The van der Waals surface area contributed by atoms with Crippen LogP contribution in [-0.4, -0.2) is 49.3 Å². The first-order valence-corrected chi connectivity index (χ1v) is 35.2. The van der Waals surface area contributed by atoms with Gasteiger partial charge in [0.25, 0.3) is 0 Å². The van der Waals surface area contributed by atoms with Crippen molar-refractivity contribution in [3.05, 3.63) is 97.2 Å². The first-order chi connectivity index (χ1) is 39.8. The molecule has 2 unspecified atom stereocenters. The maximum absolute atomic E-state index is 12.8. The highest BCUT2D eigenvalue weighted by atomic mass is 31.2. The summed E-state index contributed by atoms with van der Waals surface area (Å²) in [5, 5.41) is 0. The molecule has 0 aliphatic heterocycles. The van der Waals surface area contributed by atoms with Crippen molar-refractivity contribution in [1.82, 2.24) is 0 Å². The van der Waals surface area contributed by atoms with Crippen LogP contribution in [0.4, 0.5) is 0 Å². The van der Waals surface area contributed by atoms with E-state index < -0.39 is 26.5 Å². The fraction of sp³-hybridized carbons (Fsp3) is 0.746. The number of rotatable bonds is 63. The summed E-state index contributed by atoms with van der Waals surface area (Å²) in [5.74, 6) is -0.827. The highest BCUT2D eigenvalue weighted by molar-refractivity contribution is 7.47. The lowest BCUT2D eigenvalue weighted by Crippen LogP contribution is -2.29. The highest BCUT2D eigenvalue weighted by Gasteiger charge is 2.26. The van der Waals surface area contributed by atoms with E-state index in [9.17, 15) is 19.0 Å². The summed E-state index contributed by atoms with van der Waals surface area (Å²) in [6.07, 6.45) is 89.2. The van der Waals surface area contributed by atoms with Crippen molar-refractivity contribution in [2.45, 2.75) is 315 Å². The van der Waals surface area contributed by atoms with Crippen molar-refractivity contribution in [1.29, 1.82) is 0 Å². The van der Waals surface area contributed by atoms with Crippen molar-refractivity contribution in [2.24, 2.45) is 5.73 Å².